The SMILES string of the molecule is COc1cc(CNC23CC4CC(C)(CC(C)(C4)C2)C3)ccc1OCc1ccc(F)cc1. The fraction of sp³-hybridized carbons (Fsp3) is 0.556. The first-order valence-corrected chi connectivity index (χ1v) is 11.6. The largest absolute Gasteiger partial charge is 0.493 e. The summed E-state index contributed by atoms with van der Waals surface area (Å²) in [5.74, 6) is 2.10. The van der Waals surface area contributed by atoms with Gasteiger partial charge in [0.05, 0.1) is 7.11 Å². The minimum Gasteiger partial charge on any atom is -0.493 e. The first-order chi connectivity index (χ1) is 14.8. The Morgan fingerprint density at radius 3 is 2.23 bits per heavy atom. The minimum atomic E-state index is -0.236. The number of hydrogen-bond acceptors (Lipinski definition) is 3. The predicted molar refractivity (Wildman–Crippen MR) is 121 cm³/mol. The summed E-state index contributed by atoms with van der Waals surface area (Å²) in [6, 6.07) is 12.6. The van der Waals surface area contributed by atoms with E-state index in [0.717, 1.165) is 23.8 Å². The molecule has 166 valence electrons. The van der Waals surface area contributed by atoms with Crippen molar-refractivity contribution >= 4 is 0 Å². The number of hydrogen-bond donors (Lipinski definition) is 1. The molecule has 0 aromatic heterocycles. The third kappa shape index (κ3) is 4.19. The molecule has 0 saturated heterocycles. The maximum Gasteiger partial charge on any atom is 0.161 e. The van der Waals surface area contributed by atoms with Gasteiger partial charge in [0.2, 0.25) is 0 Å². The van der Waals surface area contributed by atoms with Crippen LogP contribution in [0.15, 0.2) is 42.5 Å². The van der Waals surface area contributed by atoms with Crippen molar-refractivity contribution in [1.82, 2.24) is 5.32 Å². The zero-order valence-electron chi connectivity index (χ0n) is 19.0. The first-order valence-electron chi connectivity index (χ1n) is 11.6. The van der Waals surface area contributed by atoms with E-state index in [4.69, 9.17) is 9.47 Å². The number of ether oxygens (including phenoxy) is 2. The van der Waals surface area contributed by atoms with Gasteiger partial charge in [-0.1, -0.05) is 32.0 Å². The van der Waals surface area contributed by atoms with Gasteiger partial charge in [0.25, 0.3) is 0 Å². The lowest BCUT2D eigenvalue weighted by Gasteiger charge is -2.65. The molecule has 0 heterocycles. The Hall–Kier alpha value is -2.07. The van der Waals surface area contributed by atoms with Gasteiger partial charge < -0.3 is 14.8 Å². The number of benzene rings is 2. The molecule has 2 unspecified atom stereocenters. The molecule has 4 bridgehead atoms. The Morgan fingerprint density at radius 1 is 0.903 bits per heavy atom. The minimum absolute atomic E-state index is 0.236. The third-order valence-electron chi connectivity index (χ3n) is 7.83. The van der Waals surface area contributed by atoms with Crippen LogP contribution in [0.5, 0.6) is 11.5 Å². The lowest BCUT2D eigenvalue weighted by molar-refractivity contribution is -0.118. The maximum atomic E-state index is 13.1. The molecule has 4 aliphatic carbocycles. The summed E-state index contributed by atoms with van der Waals surface area (Å²) < 4.78 is 24.7. The van der Waals surface area contributed by atoms with Crippen molar-refractivity contribution in [3.63, 3.8) is 0 Å². The molecular weight excluding hydrogens is 389 g/mol. The Balaban J connectivity index is 1.26. The van der Waals surface area contributed by atoms with Gasteiger partial charge in [0, 0.05) is 12.1 Å². The second-order valence-corrected chi connectivity index (χ2v) is 11.2. The number of methoxy groups -OCH3 is 1. The zero-order valence-corrected chi connectivity index (χ0v) is 19.0. The molecule has 6 rings (SSSR count). The lowest BCUT2D eigenvalue weighted by Crippen LogP contribution is -2.63. The summed E-state index contributed by atoms with van der Waals surface area (Å²) in [7, 11) is 1.68. The molecule has 4 heteroatoms. The highest BCUT2D eigenvalue weighted by atomic mass is 19.1. The Labute approximate surface area is 185 Å². The van der Waals surface area contributed by atoms with Gasteiger partial charge >= 0.3 is 0 Å². The molecule has 4 fully saturated rings. The number of halogens is 1. The van der Waals surface area contributed by atoms with Crippen molar-refractivity contribution in [2.75, 3.05) is 7.11 Å². The Kier molecular flexibility index (Phi) is 5.04. The molecule has 2 aromatic rings. The van der Waals surface area contributed by atoms with E-state index in [2.05, 4.69) is 31.3 Å². The highest BCUT2D eigenvalue weighted by Crippen LogP contribution is 2.66. The maximum absolute atomic E-state index is 13.1. The summed E-state index contributed by atoms with van der Waals surface area (Å²) in [4.78, 5) is 0. The van der Waals surface area contributed by atoms with E-state index in [1.54, 1.807) is 19.2 Å². The molecule has 2 atom stereocenters. The summed E-state index contributed by atoms with van der Waals surface area (Å²) in [5.41, 5.74) is 3.46. The van der Waals surface area contributed by atoms with Crippen LogP contribution in [0.3, 0.4) is 0 Å². The second-order valence-electron chi connectivity index (χ2n) is 11.2. The molecule has 4 aliphatic rings. The molecule has 31 heavy (non-hydrogen) atoms. The van der Waals surface area contributed by atoms with E-state index in [1.165, 1.54) is 56.2 Å². The molecule has 0 amide bonds. The normalized spacial score (nSPS) is 33.5. The van der Waals surface area contributed by atoms with Crippen molar-refractivity contribution in [2.45, 2.75) is 71.1 Å². The van der Waals surface area contributed by atoms with Crippen LogP contribution in [0.2, 0.25) is 0 Å². The summed E-state index contributed by atoms with van der Waals surface area (Å²) in [6.07, 6.45) is 8.17. The van der Waals surface area contributed by atoms with E-state index < -0.39 is 0 Å². The molecule has 4 saturated carbocycles. The van der Waals surface area contributed by atoms with Gasteiger partial charge in [0.15, 0.2) is 11.5 Å². The Bertz CT molecular complexity index is 938. The van der Waals surface area contributed by atoms with Crippen LogP contribution < -0.4 is 14.8 Å². The zero-order chi connectivity index (χ0) is 21.7. The highest BCUT2D eigenvalue weighted by molar-refractivity contribution is 5.43. The van der Waals surface area contributed by atoms with E-state index in [9.17, 15) is 4.39 Å². The van der Waals surface area contributed by atoms with Crippen molar-refractivity contribution in [1.29, 1.82) is 0 Å². The van der Waals surface area contributed by atoms with Gasteiger partial charge in [-0.3, -0.25) is 0 Å². The van der Waals surface area contributed by atoms with E-state index in [1.807, 2.05) is 6.07 Å². The first kappa shape index (κ1) is 20.8. The Morgan fingerprint density at radius 2 is 1.58 bits per heavy atom. The van der Waals surface area contributed by atoms with Gasteiger partial charge in [-0.2, -0.15) is 0 Å². The van der Waals surface area contributed by atoms with Crippen molar-refractivity contribution in [3.05, 3.63) is 59.4 Å². The number of rotatable bonds is 7. The standard InChI is InChI=1S/C27H34FNO2/c1-25-11-21-12-26(2,16-25)18-27(13-21,17-25)29-14-20-6-9-23(24(10-20)30-3)31-15-19-4-7-22(28)8-5-19/h4-10,21,29H,11-18H2,1-3H3. The van der Waals surface area contributed by atoms with Crippen molar-refractivity contribution in [3.8, 4) is 11.5 Å². The summed E-state index contributed by atoms with van der Waals surface area (Å²) >= 11 is 0. The molecule has 0 radical (unpaired) electrons. The van der Waals surface area contributed by atoms with Crippen molar-refractivity contribution in [2.24, 2.45) is 16.7 Å². The van der Waals surface area contributed by atoms with E-state index >= 15 is 0 Å². The van der Waals surface area contributed by atoms with Crippen LogP contribution >= 0.6 is 0 Å². The van der Waals surface area contributed by atoms with E-state index in [-0.39, 0.29) is 11.4 Å². The fourth-order valence-electron chi connectivity index (χ4n) is 7.62. The van der Waals surface area contributed by atoms with Gasteiger partial charge in [-0.15, -0.1) is 0 Å². The number of nitrogens with one attached hydrogen (secondary N) is 1. The smallest absolute Gasteiger partial charge is 0.161 e. The second kappa shape index (κ2) is 7.51. The van der Waals surface area contributed by atoms with Gasteiger partial charge in [-0.05, 0) is 90.7 Å². The molecule has 2 aromatic carbocycles. The predicted octanol–water partition coefficient (Wildman–Crippen LogP) is 6.25. The molecular formula is C27H34FNO2. The summed E-state index contributed by atoms with van der Waals surface area (Å²) in [6.45, 7) is 6.27. The fourth-order valence-corrected chi connectivity index (χ4v) is 7.62. The quantitative estimate of drug-likeness (QED) is 0.571. The molecule has 0 aliphatic heterocycles. The van der Waals surface area contributed by atoms with Gasteiger partial charge in [0.1, 0.15) is 12.4 Å². The van der Waals surface area contributed by atoms with Crippen LogP contribution in [0.25, 0.3) is 0 Å². The summed E-state index contributed by atoms with van der Waals surface area (Å²) in [5, 5.41) is 4.00. The topological polar surface area (TPSA) is 30.5 Å². The molecule has 0 spiro atoms. The average molecular weight is 424 g/mol. The van der Waals surface area contributed by atoms with Crippen LogP contribution in [0, 0.1) is 22.6 Å². The molecule has 1 N–H and O–H groups in total. The highest BCUT2D eigenvalue weighted by Gasteiger charge is 2.59. The van der Waals surface area contributed by atoms with Crippen LogP contribution in [0.1, 0.15) is 63.5 Å². The lowest BCUT2D eigenvalue weighted by atomic mass is 9.43. The van der Waals surface area contributed by atoms with Crippen molar-refractivity contribution < 1.29 is 13.9 Å². The van der Waals surface area contributed by atoms with Crippen LogP contribution in [0.4, 0.5) is 4.39 Å². The van der Waals surface area contributed by atoms with Crippen LogP contribution in [-0.4, -0.2) is 12.6 Å². The molecule has 3 nitrogen and oxygen atoms in total. The van der Waals surface area contributed by atoms with Crippen LogP contribution in [-0.2, 0) is 13.2 Å². The average Bonchev–Trinajstić information content (AvgIpc) is 2.69. The third-order valence-corrected chi connectivity index (χ3v) is 7.83. The van der Waals surface area contributed by atoms with E-state index in [0.29, 0.717) is 23.2 Å². The van der Waals surface area contributed by atoms with Gasteiger partial charge in [-0.25, -0.2) is 4.39 Å². The monoisotopic (exact) mass is 423 g/mol.